The molecule has 1 aliphatic heterocycles. The molecule has 0 spiro atoms. The summed E-state index contributed by atoms with van der Waals surface area (Å²) >= 11 is 0. The molecule has 194 valence electrons. The number of carbonyl (C=O) groups excluding carboxylic acids is 3. The number of benzene rings is 2. The van der Waals surface area contributed by atoms with Crippen LogP contribution in [0.25, 0.3) is 0 Å². The Kier molecular flexibility index (Phi) is 8.87. The molecule has 1 heterocycles. The standard InChI is InChI=1S/C26H34FN5O4/c1-18(2)15-29(3)25(35)23(13-19-7-11-22(33)12-8-19)31-17-32(30(4)16-24(31)34)26(36)28-14-20-5-9-21(27)10-6-20/h5-12,18,23,33H,13-17H2,1-4H3,(H,28,36). The second-order valence-electron chi connectivity index (χ2n) is 9.50. The predicted molar refractivity (Wildman–Crippen MR) is 133 cm³/mol. The van der Waals surface area contributed by atoms with Crippen LogP contribution in [0.1, 0.15) is 25.0 Å². The van der Waals surface area contributed by atoms with E-state index in [0.717, 1.165) is 11.1 Å². The minimum absolute atomic E-state index is 0.0722. The number of phenolic OH excluding ortho intramolecular Hbond substituents is 1. The largest absolute Gasteiger partial charge is 0.508 e. The van der Waals surface area contributed by atoms with Gasteiger partial charge in [0.2, 0.25) is 11.8 Å². The van der Waals surface area contributed by atoms with Gasteiger partial charge in [-0.3, -0.25) is 9.59 Å². The normalized spacial score (nSPS) is 15.2. The lowest BCUT2D eigenvalue weighted by Crippen LogP contribution is -2.65. The lowest BCUT2D eigenvalue weighted by molar-refractivity contribution is -0.160. The summed E-state index contributed by atoms with van der Waals surface area (Å²) in [6.07, 6.45) is 0.238. The van der Waals surface area contributed by atoms with Gasteiger partial charge in [0.25, 0.3) is 0 Å². The minimum Gasteiger partial charge on any atom is -0.508 e. The molecule has 1 atom stereocenters. The number of phenols is 1. The van der Waals surface area contributed by atoms with Gasteiger partial charge in [-0.25, -0.2) is 19.2 Å². The van der Waals surface area contributed by atoms with Gasteiger partial charge in [-0.05, 0) is 41.3 Å². The molecule has 0 saturated carbocycles. The second kappa shape index (κ2) is 11.9. The summed E-state index contributed by atoms with van der Waals surface area (Å²) in [6.45, 7) is 4.55. The third kappa shape index (κ3) is 6.94. The molecule has 0 aromatic heterocycles. The summed E-state index contributed by atoms with van der Waals surface area (Å²) in [6, 6.07) is 11.1. The van der Waals surface area contributed by atoms with E-state index in [1.54, 1.807) is 43.3 Å². The zero-order valence-corrected chi connectivity index (χ0v) is 21.1. The number of aromatic hydroxyl groups is 1. The minimum atomic E-state index is -0.827. The highest BCUT2D eigenvalue weighted by molar-refractivity contribution is 5.89. The van der Waals surface area contributed by atoms with E-state index in [0.29, 0.717) is 6.54 Å². The van der Waals surface area contributed by atoms with Crippen LogP contribution in [0.4, 0.5) is 9.18 Å². The van der Waals surface area contributed by atoms with Crippen LogP contribution in [0.3, 0.4) is 0 Å². The molecule has 10 heteroatoms. The molecule has 2 N–H and O–H groups in total. The van der Waals surface area contributed by atoms with E-state index < -0.39 is 12.1 Å². The van der Waals surface area contributed by atoms with Crippen molar-refractivity contribution in [2.45, 2.75) is 32.9 Å². The molecular formula is C26H34FN5O4. The maximum atomic E-state index is 13.5. The Morgan fingerprint density at radius 1 is 1.08 bits per heavy atom. The first-order valence-electron chi connectivity index (χ1n) is 11.9. The number of hydrogen-bond donors (Lipinski definition) is 2. The number of likely N-dealkylation sites (N-methyl/N-ethyl adjacent to an activating group) is 2. The van der Waals surface area contributed by atoms with Gasteiger partial charge in [-0.15, -0.1) is 0 Å². The average molecular weight is 500 g/mol. The summed E-state index contributed by atoms with van der Waals surface area (Å²) in [5.41, 5.74) is 1.51. The molecular weight excluding hydrogens is 465 g/mol. The fourth-order valence-electron chi connectivity index (χ4n) is 4.14. The van der Waals surface area contributed by atoms with Gasteiger partial charge in [0.05, 0.1) is 6.54 Å². The van der Waals surface area contributed by atoms with Crippen LogP contribution in [-0.2, 0) is 22.6 Å². The average Bonchev–Trinajstić information content (AvgIpc) is 2.83. The Morgan fingerprint density at radius 2 is 1.69 bits per heavy atom. The molecule has 1 aliphatic rings. The molecule has 0 bridgehead atoms. The fourth-order valence-corrected chi connectivity index (χ4v) is 4.14. The fraction of sp³-hybridized carbons (Fsp3) is 0.423. The van der Waals surface area contributed by atoms with Gasteiger partial charge >= 0.3 is 6.03 Å². The Hall–Kier alpha value is -3.66. The van der Waals surface area contributed by atoms with Crippen molar-refractivity contribution in [2.24, 2.45) is 5.92 Å². The zero-order chi connectivity index (χ0) is 26.4. The summed E-state index contributed by atoms with van der Waals surface area (Å²) in [4.78, 5) is 42.7. The van der Waals surface area contributed by atoms with Gasteiger partial charge in [0, 0.05) is 33.6 Å². The van der Waals surface area contributed by atoms with Crippen molar-refractivity contribution in [3.63, 3.8) is 0 Å². The summed E-state index contributed by atoms with van der Waals surface area (Å²) in [5, 5.41) is 15.3. The van der Waals surface area contributed by atoms with Crippen LogP contribution in [0.5, 0.6) is 5.75 Å². The zero-order valence-electron chi connectivity index (χ0n) is 21.1. The first-order valence-corrected chi connectivity index (χ1v) is 11.9. The molecule has 2 aromatic rings. The van der Waals surface area contributed by atoms with E-state index in [2.05, 4.69) is 5.32 Å². The number of rotatable bonds is 8. The van der Waals surface area contributed by atoms with E-state index >= 15 is 0 Å². The highest BCUT2D eigenvalue weighted by Crippen LogP contribution is 2.19. The number of urea groups is 1. The molecule has 36 heavy (non-hydrogen) atoms. The summed E-state index contributed by atoms with van der Waals surface area (Å²) in [7, 11) is 3.34. The Bertz CT molecular complexity index is 1060. The first kappa shape index (κ1) is 26.9. The molecule has 0 aliphatic carbocycles. The van der Waals surface area contributed by atoms with Gasteiger partial charge in [-0.2, -0.15) is 0 Å². The Labute approximate surface area is 211 Å². The van der Waals surface area contributed by atoms with E-state index in [1.807, 2.05) is 13.8 Å². The molecule has 2 aromatic carbocycles. The van der Waals surface area contributed by atoms with Crippen LogP contribution < -0.4 is 5.32 Å². The lowest BCUT2D eigenvalue weighted by atomic mass is 10.0. The van der Waals surface area contributed by atoms with Crippen molar-refractivity contribution in [1.82, 2.24) is 25.1 Å². The second-order valence-corrected chi connectivity index (χ2v) is 9.50. The van der Waals surface area contributed by atoms with Crippen molar-refractivity contribution >= 4 is 17.8 Å². The van der Waals surface area contributed by atoms with Crippen molar-refractivity contribution in [3.8, 4) is 5.75 Å². The number of hydrazine groups is 1. The highest BCUT2D eigenvalue weighted by Gasteiger charge is 2.39. The lowest BCUT2D eigenvalue weighted by Gasteiger charge is -2.44. The van der Waals surface area contributed by atoms with E-state index in [9.17, 15) is 23.9 Å². The number of nitrogens with zero attached hydrogens (tertiary/aromatic N) is 4. The number of carbonyl (C=O) groups is 3. The maximum Gasteiger partial charge on any atom is 0.333 e. The van der Waals surface area contributed by atoms with Crippen LogP contribution in [0.2, 0.25) is 0 Å². The van der Waals surface area contributed by atoms with Gasteiger partial charge in [-0.1, -0.05) is 38.1 Å². The quantitative estimate of drug-likeness (QED) is 0.582. The predicted octanol–water partition coefficient (Wildman–Crippen LogP) is 2.42. The van der Waals surface area contributed by atoms with Crippen LogP contribution in [-0.4, -0.2) is 82.7 Å². The van der Waals surface area contributed by atoms with E-state index in [-0.39, 0.29) is 55.5 Å². The molecule has 1 unspecified atom stereocenters. The van der Waals surface area contributed by atoms with Gasteiger partial charge in [0.1, 0.15) is 24.3 Å². The van der Waals surface area contributed by atoms with E-state index in [4.69, 9.17) is 0 Å². The number of hydrogen-bond acceptors (Lipinski definition) is 5. The number of nitrogens with one attached hydrogen (secondary N) is 1. The molecule has 3 rings (SSSR count). The summed E-state index contributed by atoms with van der Waals surface area (Å²) < 4.78 is 13.2. The highest BCUT2D eigenvalue weighted by atomic mass is 19.1. The number of amides is 4. The monoisotopic (exact) mass is 499 g/mol. The Balaban J connectivity index is 1.80. The first-order chi connectivity index (χ1) is 17.0. The van der Waals surface area contributed by atoms with Crippen LogP contribution >= 0.6 is 0 Å². The molecule has 9 nitrogen and oxygen atoms in total. The topological polar surface area (TPSA) is 96.4 Å². The molecule has 0 radical (unpaired) electrons. The smallest absolute Gasteiger partial charge is 0.333 e. The van der Waals surface area contributed by atoms with Gasteiger partial charge < -0.3 is 20.2 Å². The van der Waals surface area contributed by atoms with Crippen LogP contribution in [0.15, 0.2) is 48.5 Å². The summed E-state index contributed by atoms with van der Waals surface area (Å²) in [5.74, 6) is -0.498. The van der Waals surface area contributed by atoms with Crippen molar-refractivity contribution in [1.29, 1.82) is 0 Å². The van der Waals surface area contributed by atoms with E-state index in [1.165, 1.54) is 39.2 Å². The number of halogens is 1. The molecule has 1 fully saturated rings. The van der Waals surface area contributed by atoms with Crippen molar-refractivity contribution in [2.75, 3.05) is 33.9 Å². The van der Waals surface area contributed by atoms with Crippen molar-refractivity contribution < 1.29 is 23.9 Å². The SMILES string of the molecule is CC(C)CN(C)C(=O)C(Cc1ccc(O)cc1)N1CN(C(=O)NCc2ccc(F)cc2)N(C)CC1=O. The third-order valence-electron chi connectivity index (χ3n) is 6.02. The van der Waals surface area contributed by atoms with Crippen molar-refractivity contribution in [3.05, 3.63) is 65.5 Å². The molecule has 1 saturated heterocycles. The maximum absolute atomic E-state index is 13.5. The third-order valence-corrected chi connectivity index (χ3v) is 6.02. The molecule has 4 amide bonds. The van der Waals surface area contributed by atoms with Gasteiger partial charge in [0.15, 0.2) is 0 Å². The van der Waals surface area contributed by atoms with Crippen LogP contribution in [0, 0.1) is 11.7 Å². The Morgan fingerprint density at radius 3 is 2.31 bits per heavy atom.